The lowest BCUT2D eigenvalue weighted by atomic mass is 10.1. The minimum atomic E-state index is 0.354. The number of benzene rings is 1. The topological polar surface area (TPSA) is 61.6 Å². The maximum atomic E-state index is 8.76. The van der Waals surface area contributed by atoms with Gasteiger partial charge in [-0.3, -0.25) is 0 Å². The molecule has 4 nitrogen and oxygen atoms in total. The van der Waals surface area contributed by atoms with Gasteiger partial charge in [0.1, 0.15) is 11.8 Å². The van der Waals surface area contributed by atoms with Gasteiger partial charge in [-0.1, -0.05) is 12.1 Å². The molecule has 1 aromatic heterocycles. The Kier molecular flexibility index (Phi) is 3.01. The third-order valence-electron chi connectivity index (χ3n) is 2.62. The number of hydrogen-bond acceptors (Lipinski definition) is 4. The van der Waals surface area contributed by atoms with Crippen molar-refractivity contribution in [3.63, 3.8) is 0 Å². The molecule has 4 heteroatoms. The van der Waals surface area contributed by atoms with Gasteiger partial charge in [-0.05, 0) is 37.1 Å². The SMILES string of the molecule is Cc1cccc(Nc2nccc(C#N)n2)c1C. The number of rotatable bonds is 2. The first-order valence-corrected chi connectivity index (χ1v) is 5.27. The zero-order valence-corrected chi connectivity index (χ0v) is 9.73. The molecule has 0 aliphatic rings. The van der Waals surface area contributed by atoms with Crippen LogP contribution in [-0.4, -0.2) is 9.97 Å². The van der Waals surface area contributed by atoms with Gasteiger partial charge in [-0.15, -0.1) is 0 Å². The Morgan fingerprint density at radius 1 is 1.24 bits per heavy atom. The van der Waals surface area contributed by atoms with Crippen LogP contribution in [0.25, 0.3) is 0 Å². The molecule has 0 spiro atoms. The molecule has 0 fully saturated rings. The highest BCUT2D eigenvalue weighted by Crippen LogP contribution is 2.20. The van der Waals surface area contributed by atoms with Crippen molar-refractivity contribution in [3.8, 4) is 6.07 Å². The second-order valence-electron chi connectivity index (χ2n) is 3.75. The Balaban J connectivity index is 2.32. The van der Waals surface area contributed by atoms with Gasteiger partial charge < -0.3 is 5.32 Å². The first-order valence-electron chi connectivity index (χ1n) is 5.27. The minimum Gasteiger partial charge on any atom is -0.324 e. The summed E-state index contributed by atoms with van der Waals surface area (Å²) in [6, 6.07) is 9.55. The standard InChI is InChI=1S/C13H12N4/c1-9-4-3-5-12(10(9)2)17-13-15-7-6-11(8-14)16-13/h3-7H,1-2H3,(H,15,16,17). The van der Waals surface area contributed by atoms with E-state index in [4.69, 9.17) is 5.26 Å². The maximum absolute atomic E-state index is 8.76. The fourth-order valence-electron chi connectivity index (χ4n) is 1.49. The first-order chi connectivity index (χ1) is 8.20. The molecular weight excluding hydrogens is 212 g/mol. The predicted octanol–water partition coefficient (Wildman–Crippen LogP) is 2.71. The monoisotopic (exact) mass is 224 g/mol. The number of nitrogens with zero attached hydrogens (tertiary/aromatic N) is 3. The van der Waals surface area contributed by atoms with Crippen LogP contribution in [0.15, 0.2) is 30.5 Å². The first kappa shape index (κ1) is 11.1. The van der Waals surface area contributed by atoms with Crippen molar-refractivity contribution in [1.82, 2.24) is 9.97 Å². The van der Waals surface area contributed by atoms with Crippen LogP contribution in [0.5, 0.6) is 0 Å². The summed E-state index contributed by atoms with van der Waals surface area (Å²) < 4.78 is 0. The quantitative estimate of drug-likeness (QED) is 0.851. The van der Waals surface area contributed by atoms with E-state index in [0.717, 1.165) is 11.3 Å². The molecule has 1 N–H and O–H groups in total. The molecule has 1 heterocycles. The maximum Gasteiger partial charge on any atom is 0.228 e. The molecule has 0 atom stereocenters. The minimum absolute atomic E-state index is 0.354. The summed E-state index contributed by atoms with van der Waals surface area (Å²) in [6.45, 7) is 4.08. The summed E-state index contributed by atoms with van der Waals surface area (Å²) in [5.41, 5.74) is 3.66. The average Bonchev–Trinajstić information content (AvgIpc) is 2.35. The Morgan fingerprint density at radius 3 is 2.82 bits per heavy atom. The van der Waals surface area contributed by atoms with Crippen molar-refractivity contribution in [2.45, 2.75) is 13.8 Å². The van der Waals surface area contributed by atoms with Gasteiger partial charge in [0.2, 0.25) is 5.95 Å². The van der Waals surface area contributed by atoms with E-state index < -0.39 is 0 Å². The van der Waals surface area contributed by atoms with Gasteiger partial charge in [0.05, 0.1) is 0 Å². The van der Waals surface area contributed by atoms with Crippen LogP contribution in [0.4, 0.5) is 11.6 Å². The van der Waals surface area contributed by atoms with Gasteiger partial charge >= 0.3 is 0 Å². The summed E-state index contributed by atoms with van der Waals surface area (Å²) in [5, 5.41) is 11.9. The number of nitriles is 1. The van der Waals surface area contributed by atoms with E-state index in [0.29, 0.717) is 11.6 Å². The van der Waals surface area contributed by atoms with Crippen molar-refractivity contribution >= 4 is 11.6 Å². The molecule has 0 aliphatic carbocycles. The lowest BCUT2D eigenvalue weighted by molar-refractivity contribution is 1.13. The van der Waals surface area contributed by atoms with E-state index >= 15 is 0 Å². The summed E-state index contributed by atoms with van der Waals surface area (Å²) in [5.74, 6) is 0.442. The summed E-state index contributed by atoms with van der Waals surface area (Å²) in [4.78, 5) is 8.15. The second-order valence-corrected chi connectivity index (χ2v) is 3.75. The largest absolute Gasteiger partial charge is 0.324 e. The molecule has 0 saturated heterocycles. The van der Waals surface area contributed by atoms with Crippen LogP contribution in [-0.2, 0) is 0 Å². The van der Waals surface area contributed by atoms with E-state index in [1.54, 1.807) is 12.3 Å². The van der Waals surface area contributed by atoms with Gasteiger partial charge in [0.15, 0.2) is 0 Å². The normalized spacial score (nSPS) is 9.71. The number of hydrogen-bond donors (Lipinski definition) is 1. The molecule has 2 aromatic rings. The molecule has 0 bridgehead atoms. The summed E-state index contributed by atoms with van der Waals surface area (Å²) in [6.07, 6.45) is 1.57. The van der Waals surface area contributed by atoms with Crippen molar-refractivity contribution in [1.29, 1.82) is 5.26 Å². The van der Waals surface area contributed by atoms with Crippen molar-refractivity contribution in [2.24, 2.45) is 0 Å². The molecule has 1 aromatic carbocycles. The molecular formula is C13H12N4. The lowest BCUT2D eigenvalue weighted by Crippen LogP contribution is -2.00. The van der Waals surface area contributed by atoms with Gasteiger partial charge in [-0.2, -0.15) is 5.26 Å². The third kappa shape index (κ3) is 2.40. The zero-order valence-electron chi connectivity index (χ0n) is 9.73. The van der Waals surface area contributed by atoms with E-state index in [9.17, 15) is 0 Å². The Bertz CT molecular complexity index is 584. The van der Waals surface area contributed by atoms with Crippen LogP contribution in [0, 0.1) is 25.2 Å². The Hall–Kier alpha value is -2.41. The van der Waals surface area contributed by atoms with Crippen LogP contribution in [0.1, 0.15) is 16.8 Å². The average molecular weight is 224 g/mol. The molecule has 2 rings (SSSR count). The molecule has 0 aliphatic heterocycles. The summed E-state index contributed by atoms with van der Waals surface area (Å²) in [7, 11) is 0. The van der Waals surface area contributed by atoms with Crippen molar-refractivity contribution in [3.05, 3.63) is 47.3 Å². The van der Waals surface area contributed by atoms with Crippen LogP contribution < -0.4 is 5.32 Å². The molecule has 0 radical (unpaired) electrons. The molecule has 0 unspecified atom stereocenters. The number of aromatic nitrogens is 2. The highest BCUT2D eigenvalue weighted by Gasteiger charge is 2.03. The van der Waals surface area contributed by atoms with E-state index in [1.165, 1.54) is 5.56 Å². The van der Waals surface area contributed by atoms with Gasteiger partial charge in [-0.25, -0.2) is 9.97 Å². The molecule has 17 heavy (non-hydrogen) atoms. The fraction of sp³-hybridized carbons (Fsp3) is 0.154. The highest BCUT2D eigenvalue weighted by atomic mass is 15.1. The number of nitrogens with one attached hydrogen (secondary N) is 1. The van der Waals surface area contributed by atoms with E-state index in [-0.39, 0.29) is 0 Å². The Labute approximate surface area is 100.0 Å². The van der Waals surface area contributed by atoms with Crippen molar-refractivity contribution < 1.29 is 0 Å². The fourth-order valence-corrected chi connectivity index (χ4v) is 1.49. The van der Waals surface area contributed by atoms with Gasteiger partial charge in [0.25, 0.3) is 0 Å². The lowest BCUT2D eigenvalue weighted by Gasteiger charge is -2.09. The number of anilines is 2. The molecule has 0 saturated carbocycles. The highest BCUT2D eigenvalue weighted by molar-refractivity contribution is 5.60. The van der Waals surface area contributed by atoms with Crippen LogP contribution in [0.3, 0.4) is 0 Å². The van der Waals surface area contributed by atoms with Crippen molar-refractivity contribution in [2.75, 3.05) is 5.32 Å². The summed E-state index contributed by atoms with van der Waals surface area (Å²) >= 11 is 0. The smallest absolute Gasteiger partial charge is 0.228 e. The van der Waals surface area contributed by atoms with E-state index in [2.05, 4.69) is 15.3 Å². The van der Waals surface area contributed by atoms with Gasteiger partial charge in [0, 0.05) is 11.9 Å². The molecule has 0 amide bonds. The van der Waals surface area contributed by atoms with Crippen LogP contribution >= 0.6 is 0 Å². The van der Waals surface area contributed by atoms with Crippen LogP contribution in [0.2, 0.25) is 0 Å². The Morgan fingerprint density at radius 2 is 2.06 bits per heavy atom. The molecule has 84 valence electrons. The second kappa shape index (κ2) is 4.62. The van der Waals surface area contributed by atoms with E-state index in [1.807, 2.05) is 38.1 Å². The predicted molar refractivity (Wildman–Crippen MR) is 65.9 cm³/mol. The third-order valence-corrected chi connectivity index (χ3v) is 2.62. The number of aryl methyl sites for hydroxylation is 1. The zero-order chi connectivity index (χ0) is 12.3.